The van der Waals surface area contributed by atoms with Crippen LogP contribution in [-0.4, -0.2) is 42.1 Å². The molecule has 0 unspecified atom stereocenters. The van der Waals surface area contributed by atoms with Gasteiger partial charge in [0.25, 0.3) is 5.91 Å². The number of hydrogen-bond acceptors (Lipinski definition) is 5. The minimum atomic E-state index is -0.632. The number of amides is 1. The summed E-state index contributed by atoms with van der Waals surface area (Å²) in [5.74, 6) is -0.467. The first kappa shape index (κ1) is 19.1. The van der Waals surface area contributed by atoms with Crippen molar-refractivity contribution < 1.29 is 9.18 Å². The van der Waals surface area contributed by atoms with E-state index >= 15 is 0 Å². The number of nitrogens with two attached hydrogens (primary N) is 1. The van der Waals surface area contributed by atoms with Gasteiger partial charge in [-0.1, -0.05) is 41.9 Å². The molecule has 1 fully saturated rings. The average molecular weight is 412 g/mol. The predicted molar refractivity (Wildman–Crippen MR) is 112 cm³/mol. The molecule has 6 nitrogen and oxygen atoms in total. The van der Waals surface area contributed by atoms with Crippen molar-refractivity contribution in [2.24, 2.45) is 5.73 Å². The number of piperazine rings is 1. The van der Waals surface area contributed by atoms with Crippen molar-refractivity contribution in [3.05, 3.63) is 71.1 Å². The molecule has 0 saturated carbocycles. The van der Waals surface area contributed by atoms with Gasteiger partial charge in [0.2, 0.25) is 5.95 Å². The van der Waals surface area contributed by atoms with E-state index in [2.05, 4.69) is 9.97 Å². The van der Waals surface area contributed by atoms with Crippen molar-refractivity contribution in [3.63, 3.8) is 0 Å². The zero-order chi connectivity index (χ0) is 20.4. The Kier molecular flexibility index (Phi) is 5.31. The lowest BCUT2D eigenvalue weighted by Gasteiger charge is -2.36. The fourth-order valence-corrected chi connectivity index (χ4v) is 3.60. The molecule has 1 aliphatic rings. The minimum absolute atomic E-state index is 0.126. The van der Waals surface area contributed by atoms with Crippen LogP contribution in [0.15, 0.2) is 54.6 Å². The first-order valence-electron chi connectivity index (χ1n) is 9.21. The summed E-state index contributed by atoms with van der Waals surface area (Å²) in [5, 5.41) is 0.525. The number of halogens is 2. The number of nitrogens with zero attached hydrogens (tertiary/aromatic N) is 4. The monoisotopic (exact) mass is 411 g/mol. The highest BCUT2D eigenvalue weighted by molar-refractivity contribution is 6.33. The normalized spacial score (nSPS) is 14.1. The topological polar surface area (TPSA) is 75.4 Å². The van der Waals surface area contributed by atoms with Crippen LogP contribution in [0.4, 0.5) is 16.0 Å². The summed E-state index contributed by atoms with van der Waals surface area (Å²) in [5.41, 5.74) is 7.42. The number of primary amides is 1. The maximum atomic E-state index is 14.1. The summed E-state index contributed by atoms with van der Waals surface area (Å²) in [6.07, 6.45) is 0. The molecule has 1 saturated heterocycles. The zero-order valence-corrected chi connectivity index (χ0v) is 16.3. The molecule has 0 bridgehead atoms. The smallest absolute Gasteiger partial charge is 0.267 e. The van der Waals surface area contributed by atoms with Crippen molar-refractivity contribution in [1.82, 2.24) is 9.97 Å². The van der Waals surface area contributed by atoms with E-state index in [0.717, 1.165) is 0 Å². The van der Waals surface area contributed by atoms with Gasteiger partial charge < -0.3 is 15.5 Å². The van der Waals surface area contributed by atoms with Gasteiger partial charge in [0.05, 0.1) is 11.4 Å². The van der Waals surface area contributed by atoms with Crippen molar-refractivity contribution in [3.8, 4) is 11.3 Å². The second kappa shape index (κ2) is 8.05. The Hall–Kier alpha value is -3.19. The summed E-state index contributed by atoms with van der Waals surface area (Å²) in [4.78, 5) is 24.7. The second-order valence-electron chi connectivity index (χ2n) is 6.71. The van der Waals surface area contributed by atoms with E-state index in [0.29, 0.717) is 54.1 Å². The van der Waals surface area contributed by atoms with Gasteiger partial charge in [0.1, 0.15) is 11.5 Å². The van der Waals surface area contributed by atoms with E-state index in [9.17, 15) is 9.18 Å². The molecule has 0 aliphatic carbocycles. The van der Waals surface area contributed by atoms with Gasteiger partial charge in [-0.05, 0) is 24.3 Å². The molecule has 0 atom stereocenters. The molecule has 0 radical (unpaired) electrons. The Labute approximate surface area is 172 Å². The molecule has 148 valence electrons. The number of para-hydroxylation sites is 1. The highest BCUT2D eigenvalue weighted by atomic mass is 35.5. The van der Waals surface area contributed by atoms with Crippen LogP contribution >= 0.6 is 11.6 Å². The van der Waals surface area contributed by atoms with Crippen LogP contribution in [0.5, 0.6) is 0 Å². The molecule has 4 rings (SSSR count). The fourth-order valence-electron chi connectivity index (χ4n) is 3.36. The average Bonchev–Trinajstić information content (AvgIpc) is 2.74. The van der Waals surface area contributed by atoms with E-state index in [-0.39, 0.29) is 11.5 Å². The zero-order valence-electron chi connectivity index (χ0n) is 15.6. The second-order valence-corrected chi connectivity index (χ2v) is 7.12. The first-order valence-corrected chi connectivity index (χ1v) is 9.59. The number of anilines is 2. The summed E-state index contributed by atoms with van der Waals surface area (Å²) in [6.45, 7) is 2.37. The molecular weight excluding hydrogens is 393 g/mol. The van der Waals surface area contributed by atoms with E-state index < -0.39 is 5.91 Å². The van der Waals surface area contributed by atoms with Crippen molar-refractivity contribution >= 4 is 29.1 Å². The summed E-state index contributed by atoms with van der Waals surface area (Å²) in [6, 6.07) is 15.5. The van der Waals surface area contributed by atoms with Gasteiger partial charge >= 0.3 is 0 Å². The van der Waals surface area contributed by atoms with Gasteiger partial charge in [0.15, 0.2) is 0 Å². The lowest BCUT2D eigenvalue weighted by molar-refractivity contribution is 0.0995. The van der Waals surface area contributed by atoms with Gasteiger partial charge in [-0.15, -0.1) is 0 Å². The molecular formula is C21H19ClFN5O. The number of aromatic nitrogens is 2. The Morgan fingerprint density at radius 2 is 1.62 bits per heavy atom. The molecule has 3 aromatic rings. The maximum absolute atomic E-state index is 14.1. The summed E-state index contributed by atoms with van der Waals surface area (Å²) >= 11 is 6.30. The molecule has 1 amide bonds. The molecule has 2 aromatic carbocycles. The number of hydrogen-bond donors (Lipinski definition) is 1. The van der Waals surface area contributed by atoms with Crippen molar-refractivity contribution in [2.45, 2.75) is 0 Å². The first-order chi connectivity index (χ1) is 14.0. The van der Waals surface area contributed by atoms with Crippen LogP contribution in [0, 0.1) is 5.82 Å². The molecule has 1 aromatic heterocycles. The number of benzene rings is 2. The SMILES string of the molecule is NC(=O)c1cc(-c2ccccc2Cl)nc(N2CCN(c3ccccc3F)CC2)n1. The molecule has 1 aliphatic heterocycles. The maximum Gasteiger partial charge on any atom is 0.267 e. The number of carbonyl (C=O) groups excluding carboxylic acids is 1. The third kappa shape index (κ3) is 4.00. The third-order valence-corrected chi connectivity index (χ3v) is 5.20. The van der Waals surface area contributed by atoms with Crippen LogP contribution in [0.3, 0.4) is 0 Å². The lowest BCUT2D eigenvalue weighted by Crippen LogP contribution is -2.47. The third-order valence-electron chi connectivity index (χ3n) is 4.87. The molecule has 2 heterocycles. The van der Waals surface area contributed by atoms with Crippen LogP contribution in [0.1, 0.15) is 10.5 Å². The van der Waals surface area contributed by atoms with Crippen LogP contribution in [0.25, 0.3) is 11.3 Å². The molecule has 29 heavy (non-hydrogen) atoms. The van der Waals surface area contributed by atoms with Crippen molar-refractivity contribution in [2.75, 3.05) is 36.0 Å². The van der Waals surface area contributed by atoms with E-state index in [1.807, 2.05) is 34.1 Å². The van der Waals surface area contributed by atoms with Gasteiger partial charge in [0, 0.05) is 36.8 Å². The quantitative estimate of drug-likeness (QED) is 0.712. The highest BCUT2D eigenvalue weighted by Gasteiger charge is 2.23. The number of carbonyl (C=O) groups is 1. The molecule has 8 heteroatoms. The van der Waals surface area contributed by atoms with Crippen LogP contribution < -0.4 is 15.5 Å². The standard InChI is InChI=1S/C21H19ClFN5O/c22-15-6-2-1-5-14(15)17-13-18(20(24)29)26-21(25-17)28-11-9-27(10-12-28)19-8-4-3-7-16(19)23/h1-8,13H,9-12H2,(H2,24,29). The van der Waals surface area contributed by atoms with Crippen LogP contribution in [-0.2, 0) is 0 Å². The fraction of sp³-hybridized carbons (Fsp3) is 0.190. The Bertz CT molecular complexity index is 1050. The Morgan fingerprint density at radius 1 is 0.966 bits per heavy atom. The lowest BCUT2D eigenvalue weighted by atomic mass is 10.1. The Morgan fingerprint density at radius 3 is 2.31 bits per heavy atom. The van der Waals surface area contributed by atoms with E-state index in [1.54, 1.807) is 24.3 Å². The van der Waals surface area contributed by atoms with Gasteiger partial charge in [-0.25, -0.2) is 14.4 Å². The number of rotatable bonds is 4. The molecule has 0 spiro atoms. The largest absolute Gasteiger partial charge is 0.366 e. The Balaban J connectivity index is 1.61. The van der Waals surface area contributed by atoms with Gasteiger partial charge in [-0.3, -0.25) is 4.79 Å². The van der Waals surface area contributed by atoms with Gasteiger partial charge in [-0.2, -0.15) is 0 Å². The highest BCUT2D eigenvalue weighted by Crippen LogP contribution is 2.28. The summed E-state index contributed by atoms with van der Waals surface area (Å²) in [7, 11) is 0. The minimum Gasteiger partial charge on any atom is -0.366 e. The summed E-state index contributed by atoms with van der Waals surface area (Å²) < 4.78 is 14.1. The van der Waals surface area contributed by atoms with E-state index in [4.69, 9.17) is 17.3 Å². The van der Waals surface area contributed by atoms with Crippen LogP contribution in [0.2, 0.25) is 5.02 Å². The predicted octanol–water partition coefficient (Wildman–Crippen LogP) is 3.36. The molecule has 2 N–H and O–H groups in total. The van der Waals surface area contributed by atoms with E-state index in [1.165, 1.54) is 6.07 Å². The van der Waals surface area contributed by atoms with Crippen molar-refractivity contribution in [1.29, 1.82) is 0 Å².